The summed E-state index contributed by atoms with van der Waals surface area (Å²) < 4.78 is 64.8. The summed E-state index contributed by atoms with van der Waals surface area (Å²) in [6, 6.07) is 2.16. The molecule has 5 fully saturated rings. The molecular formula is C35H43NO12. The lowest BCUT2D eigenvalue weighted by Gasteiger charge is -2.51. The molecule has 1 aliphatic carbocycles. The van der Waals surface area contributed by atoms with Gasteiger partial charge < -0.3 is 57.8 Å². The maximum absolute atomic E-state index is 13.3. The first-order valence-electron chi connectivity index (χ1n) is 17.1. The number of carbonyl (C=O) groups excluding carboxylic acids is 1. The summed E-state index contributed by atoms with van der Waals surface area (Å²) >= 11 is 0. The van der Waals surface area contributed by atoms with E-state index in [-0.39, 0.29) is 41.9 Å². The van der Waals surface area contributed by atoms with Crippen molar-refractivity contribution in [1.29, 1.82) is 0 Å². The van der Waals surface area contributed by atoms with Crippen LogP contribution in [0, 0.1) is 6.92 Å². The summed E-state index contributed by atoms with van der Waals surface area (Å²) in [7, 11) is 3.27. The first-order valence-corrected chi connectivity index (χ1v) is 17.1. The van der Waals surface area contributed by atoms with Crippen molar-refractivity contribution < 1.29 is 57.3 Å². The SMILES string of the molecule is COc1c2c(c(O)c3c4c(c(C)cc13)C1O[C@@]3(C5OCCCO5)OC1C(O[C@H]1C[C@H](OC)[C@@H](NC(C)C)CO1)(O4)[C@@]31CO1)C(=O)CCC2. The Hall–Kier alpha value is -2.59. The molecule has 0 aromatic heterocycles. The average Bonchev–Trinajstić information content (AvgIpc) is 3.74. The Morgan fingerprint density at radius 2 is 1.88 bits per heavy atom. The molecule has 13 nitrogen and oxygen atoms in total. The van der Waals surface area contributed by atoms with Gasteiger partial charge in [-0.15, -0.1) is 0 Å². The number of hydrogen-bond donors (Lipinski definition) is 2. The predicted molar refractivity (Wildman–Crippen MR) is 166 cm³/mol. The van der Waals surface area contributed by atoms with Gasteiger partial charge in [-0.3, -0.25) is 4.79 Å². The number of phenols is 1. The molecule has 13 heteroatoms. The molecule has 1 spiro atoms. The summed E-state index contributed by atoms with van der Waals surface area (Å²) in [5.41, 5.74) is 1.21. The Balaban J connectivity index is 1.22. The van der Waals surface area contributed by atoms with Gasteiger partial charge in [-0.25, -0.2) is 0 Å². The van der Waals surface area contributed by atoms with E-state index in [4.69, 9.17) is 47.4 Å². The summed E-state index contributed by atoms with van der Waals surface area (Å²) in [6.07, 6.45) is -0.583. The van der Waals surface area contributed by atoms with Crippen LogP contribution in [0.1, 0.15) is 72.7 Å². The van der Waals surface area contributed by atoms with Crippen molar-refractivity contribution in [2.45, 2.75) is 113 Å². The number of aromatic hydroxyl groups is 1. The van der Waals surface area contributed by atoms with E-state index in [2.05, 4.69) is 19.2 Å². The Kier molecular flexibility index (Phi) is 7.16. The highest BCUT2D eigenvalue weighted by molar-refractivity contribution is 6.11. The van der Waals surface area contributed by atoms with Crippen LogP contribution in [-0.4, -0.2) is 106 Å². The van der Waals surface area contributed by atoms with Crippen LogP contribution < -0.4 is 14.8 Å². The van der Waals surface area contributed by atoms with E-state index in [1.807, 2.05) is 13.0 Å². The number of phenolic OH excluding ortho intramolecular Hbond substituents is 1. The van der Waals surface area contributed by atoms with Crippen molar-refractivity contribution in [2.24, 2.45) is 0 Å². The zero-order valence-corrected chi connectivity index (χ0v) is 27.9. The number of fused-ring (bicyclic) bond motifs is 8. The Bertz CT molecular complexity index is 1670. The summed E-state index contributed by atoms with van der Waals surface area (Å²) in [4.78, 5) is 13.3. The van der Waals surface area contributed by atoms with Crippen LogP contribution in [0.2, 0.25) is 0 Å². The van der Waals surface area contributed by atoms with Gasteiger partial charge in [0.2, 0.25) is 11.9 Å². The number of aryl methyl sites for hydroxylation is 1. The molecule has 2 N–H and O–H groups in total. The van der Waals surface area contributed by atoms with Gasteiger partial charge in [-0.1, -0.05) is 13.8 Å². The van der Waals surface area contributed by atoms with E-state index in [1.54, 1.807) is 14.2 Å². The van der Waals surface area contributed by atoms with Crippen LogP contribution in [-0.2, 0) is 44.3 Å². The van der Waals surface area contributed by atoms with E-state index >= 15 is 0 Å². The van der Waals surface area contributed by atoms with Crippen molar-refractivity contribution in [2.75, 3.05) is 40.6 Å². The number of Topliss-reactive ketones (excluding diaryl/α,β-unsaturated/α-hetero) is 1. The molecule has 2 bridgehead atoms. The van der Waals surface area contributed by atoms with Crippen LogP contribution in [0.15, 0.2) is 6.07 Å². The third-order valence-corrected chi connectivity index (χ3v) is 11.1. The van der Waals surface area contributed by atoms with Crippen molar-refractivity contribution in [3.05, 3.63) is 28.3 Å². The molecule has 0 amide bonds. The number of rotatable bonds is 7. The molecule has 6 heterocycles. The molecular weight excluding hydrogens is 626 g/mol. The monoisotopic (exact) mass is 669 g/mol. The van der Waals surface area contributed by atoms with Crippen molar-refractivity contribution >= 4 is 16.6 Å². The summed E-state index contributed by atoms with van der Waals surface area (Å²) in [6.45, 7) is 7.60. The normalized spacial score (nSPS) is 38.4. The lowest BCUT2D eigenvalue weighted by Crippen LogP contribution is -2.71. The number of ether oxygens (including phenoxy) is 10. The molecule has 8 atom stereocenters. The first-order chi connectivity index (χ1) is 23.2. The van der Waals surface area contributed by atoms with Crippen molar-refractivity contribution in [3.8, 4) is 17.2 Å². The van der Waals surface area contributed by atoms with Gasteiger partial charge >= 0.3 is 0 Å². The molecule has 6 aliphatic heterocycles. The predicted octanol–water partition coefficient (Wildman–Crippen LogP) is 3.31. The minimum Gasteiger partial charge on any atom is -0.506 e. The van der Waals surface area contributed by atoms with E-state index in [0.717, 1.165) is 12.0 Å². The molecule has 5 saturated heterocycles. The highest BCUT2D eigenvalue weighted by Crippen LogP contribution is 2.72. The first kappa shape index (κ1) is 31.4. The fourth-order valence-corrected chi connectivity index (χ4v) is 9.05. The van der Waals surface area contributed by atoms with E-state index < -0.39 is 42.0 Å². The number of methoxy groups -OCH3 is 2. The van der Waals surface area contributed by atoms with Crippen LogP contribution in [0.3, 0.4) is 0 Å². The van der Waals surface area contributed by atoms with Crippen LogP contribution in [0.5, 0.6) is 17.2 Å². The second-order valence-electron chi connectivity index (χ2n) is 14.2. The maximum atomic E-state index is 13.3. The number of nitrogens with one attached hydrogen (secondary N) is 1. The zero-order valence-electron chi connectivity index (χ0n) is 27.9. The van der Waals surface area contributed by atoms with Gasteiger partial charge in [0, 0.05) is 42.5 Å². The third kappa shape index (κ3) is 4.02. The Morgan fingerprint density at radius 1 is 1.08 bits per heavy atom. The number of benzene rings is 2. The number of ketones is 1. The Labute approximate surface area is 278 Å². The zero-order chi connectivity index (χ0) is 33.2. The largest absolute Gasteiger partial charge is 0.506 e. The molecule has 0 saturated carbocycles. The lowest BCUT2D eigenvalue weighted by atomic mass is 9.78. The second kappa shape index (κ2) is 11.0. The molecule has 9 rings (SSSR count). The molecule has 2 aromatic rings. The minimum absolute atomic E-state index is 0.0334. The van der Waals surface area contributed by atoms with Crippen molar-refractivity contribution in [3.63, 3.8) is 0 Å². The van der Waals surface area contributed by atoms with Crippen molar-refractivity contribution in [1.82, 2.24) is 5.32 Å². The Morgan fingerprint density at radius 3 is 2.58 bits per heavy atom. The standard InChI is InChI=1S/C35H43NO12/c1-16(2)36-20-14-43-23(13-22(20)39-4)45-34-31-30(47-35(48-31,33(34)15-44-33)32-41-10-7-11-42-32)24-17(3)12-19-26(29(24)46-34)27(38)25-18(28(19)40-5)8-6-9-21(25)37/h12,16,20,22-23,30-32,36,38H,6-11,13-15H2,1-5H3/t20-,22-,23-,30?,31?,33-,34?,35-/m0/s1. The van der Waals surface area contributed by atoms with Gasteiger partial charge in [0.25, 0.3) is 11.6 Å². The molecule has 48 heavy (non-hydrogen) atoms. The minimum atomic E-state index is -1.60. The molecule has 2 aromatic carbocycles. The van der Waals surface area contributed by atoms with Crippen LogP contribution in [0.4, 0.5) is 0 Å². The topological polar surface area (TPSA) is 145 Å². The van der Waals surface area contributed by atoms with Crippen LogP contribution >= 0.6 is 0 Å². The highest BCUT2D eigenvalue weighted by atomic mass is 16.9. The smallest absolute Gasteiger partial charge is 0.279 e. The average molecular weight is 670 g/mol. The van der Waals surface area contributed by atoms with Crippen LogP contribution in [0.25, 0.3) is 10.8 Å². The lowest BCUT2D eigenvalue weighted by molar-refractivity contribution is -0.384. The van der Waals surface area contributed by atoms with Gasteiger partial charge in [0.05, 0.1) is 56.6 Å². The molecule has 7 aliphatic rings. The molecule has 260 valence electrons. The fourth-order valence-electron chi connectivity index (χ4n) is 9.05. The fraction of sp³-hybridized carbons (Fsp3) is 0.686. The third-order valence-electron chi connectivity index (χ3n) is 11.1. The van der Waals surface area contributed by atoms with E-state index in [1.165, 1.54) is 0 Å². The molecule has 0 radical (unpaired) electrons. The number of carbonyl (C=O) groups is 1. The van der Waals surface area contributed by atoms with Gasteiger partial charge in [0.1, 0.15) is 23.4 Å². The maximum Gasteiger partial charge on any atom is 0.279 e. The highest BCUT2D eigenvalue weighted by Gasteiger charge is 2.94. The number of epoxide rings is 1. The van der Waals surface area contributed by atoms with E-state index in [9.17, 15) is 9.90 Å². The summed E-state index contributed by atoms with van der Waals surface area (Å²) in [5.74, 6) is -2.49. The van der Waals surface area contributed by atoms with E-state index in [0.29, 0.717) is 78.9 Å². The molecule has 3 unspecified atom stereocenters. The van der Waals surface area contributed by atoms with Gasteiger partial charge in [0.15, 0.2) is 18.2 Å². The van der Waals surface area contributed by atoms with Gasteiger partial charge in [-0.2, -0.15) is 0 Å². The van der Waals surface area contributed by atoms with Gasteiger partial charge in [-0.05, 0) is 37.8 Å². The summed E-state index contributed by atoms with van der Waals surface area (Å²) in [5, 5.41) is 16.5. The quantitative estimate of drug-likeness (QED) is 0.417. The number of hydrogen-bond acceptors (Lipinski definition) is 13. The second-order valence-corrected chi connectivity index (χ2v) is 14.2.